The molecule has 0 aromatic carbocycles. The summed E-state index contributed by atoms with van der Waals surface area (Å²) in [6.45, 7) is 0. The summed E-state index contributed by atoms with van der Waals surface area (Å²) in [5.74, 6) is -0.955. The molecular formula is C10H9NO3S. The number of aromatic nitrogens is 1. The lowest BCUT2D eigenvalue weighted by atomic mass is 10.3. The van der Waals surface area contributed by atoms with Crippen LogP contribution in [0.25, 0.3) is 10.6 Å². The van der Waals surface area contributed by atoms with E-state index in [0.29, 0.717) is 0 Å². The number of carbonyl (C=O) groups is 1. The molecule has 0 aliphatic carbocycles. The van der Waals surface area contributed by atoms with E-state index in [2.05, 4.69) is 0 Å². The molecule has 2 aromatic rings. The second-order valence-corrected chi connectivity index (χ2v) is 3.85. The van der Waals surface area contributed by atoms with Crippen molar-refractivity contribution in [1.82, 2.24) is 4.73 Å². The fraction of sp³-hybridized carbons (Fsp3) is 0.100. The lowest BCUT2D eigenvalue weighted by Crippen LogP contribution is -2.05. The Labute approximate surface area is 90.3 Å². The molecule has 0 amide bonds. The van der Waals surface area contributed by atoms with Crippen LogP contribution in [0.15, 0.2) is 29.8 Å². The molecular weight excluding hydrogens is 214 g/mol. The van der Waals surface area contributed by atoms with E-state index in [1.807, 2.05) is 17.5 Å². The van der Waals surface area contributed by atoms with Crippen LogP contribution in [0, 0.1) is 0 Å². The van der Waals surface area contributed by atoms with Crippen molar-refractivity contribution in [1.29, 1.82) is 0 Å². The summed E-state index contributed by atoms with van der Waals surface area (Å²) in [7, 11) is 1.50. The van der Waals surface area contributed by atoms with E-state index in [0.717, 1.165) is 10.6 Å². The van der Waals surface area contributed by atoms with Gasteiger partial charge in [-0.15, -0.1) is 11.3 Å². The average Bonchev–Trinajstić information content (AvgIpc) is 2.86. The molecule has 0 fully saturated rings. The Morgan fingerprint density at radius 2 is 2.40 bits per heavy atom. The summed E-state index contributed by atoms with van der Waals surface area (Å²) in [5, 5.41) is 10.8. The van der Waals surface area contributed by atoms with Crippen LogP contribution in [-0.4, -0.2) is 22.9 Å². The van der Waals surface area contributed by atoms with Gasteiger partial charge in [0.1, 0.15) is 7.11 Å². The normalized spacial score (nSPS) is 10.2. The number of carboxylic acids is 1. The van der Waals surface area contributed by atoms with E-state index < -0.39 is 5.97 Å². The van der Waals surface area contributed by atoms with Gasteiger partial charge in [-0.25, -0.2) is 4.79 Å². The Morgan fingerprint density at radius 1 is 1.60 bits per heavy atom. The van der Waals surface area contributed by atoms with E-state index in [9.17, 15) is 4.79 Å². The van der Waals surface area contributed by atoms with Crippen LogP contribution >= 0.6 is 11.3 Å². The van der Waals surface area contributed by atoms with Crippen molar-refractivity contribution in [2.24, 2.45) is 0 Å². The van der Waals surface area contributed by atoms with Gasteiger partial charge in [0.15, 0.2) is 0 Å². The first-order valence-electron chi connectivity index (χ1n) is 4.26. The van der Waals surface area contributed by atoms with Gasteiger partial charge in [-0.2, -0.15) is 4.73 Å². The third kappa shape index (κ3) is 1.73. The quantitative estimate of drug-likeness (QED) is 0.865. The predicted octanol–water partition coefficient (Wildman–Crippen LogP) is 1.97. The number of carboxylic acid groups (broad SMARTS) is 1. The Morgan fingerprint density at radius 3 is 2.93 bits per heavy atom. The standard InChI is InChI=1S/C10H9NO3S/c1-14-11-6-7(10(12)13)5-8(11)9-3-2-4-15-9/h2-6H,1H3,(H,12,13). The van der Waals surface area contributed by atoms with E-state index in [4.69, 9.17) is 9.94 Å². The summed E-state index contributed by atoms with van der Waals surface area (Å²) >= 11 is 1.54. The summed E-state index contributed by atoms with van der Waals surface area (Å²) in [5.41, 5.74) is 0.977. The summed E-state index contributed by atoms with van der Waals surface area (Å²) < 4.78 is 1.45. The highest BCUT2D eigenvalue weighted by Gasteiger charge is 2.13. The van der Waals surface area contributed by atoms with Gasteiger partial charge in [-0.1, -0.05) is 6.07 Å². The van der Waals surface area contributed by atoms with E-state index in [1.54, 1.807) is 6.07 Å². The lowest BCUT2D eigenvalue weighted by molar-refractivity contribution is 0.0694. The monoisotopic (exact) mass is 223 g/mol. The predicted molar refractivity (Wildman–Crippen MR) is 57.2 cm³/mol. The van der Waals surface area contributed by atoms with Crippen molar-refractivity contribution >= 4 is 17.3 Å². The minimum Gasteiger partial charge on any atom is -0.478 e. The molecule has 1 N–H and O–H groups in total. The molecule has 15 heavy (non-hydrogen) atoms. The zero-order valence-corrected chi connectivity index (χ0v) is 8.82. The van der Waals surface area contributed by atoms with E-state index >= 15 is 0 Å². The molecule has 0 unspecified atom stereocenters. The molecule has 0 aliphatic heterocycles. The molecule has 0 atom stereocenters. The van der Waals surface area contributed by atoms with Gasteiger partial charge in [-0.3, -0.25) is 0 Å². The Bertz CT molecular complexity index is 473. The van der Waals surface area contributed by atoms with Crippen molar-refractivity contribution < 1.29 is 14.7 Å². The summed E-state index contributed by atoms with van der Waals surface area (Å²) in [6, 6.07) is 5.42. The molecule has 0 spiro atoms. The van der Waals surface area contributed by atoms with Crippen LogP contribution in [0.4, 0.5) is 0 Å². The number of rotatable bonds is 3. The van der Waals surface area contributed by atoms with Gasteiger partial charge in [0.25, 0.3) is 0 Å². The van der Waals surface area contributed by atoms with Crippen LogP contribution in [0.3, 0.4) is 0 Å². The zero-order chi connectivity index (χ0) is 10.8. The van der Waals surface area contributed by atoms with Crippen molar-refractivity contribution in [2.75, 3.05) is 7.11 Å². The first-order chi connectivity index (χ1) is 7.22. The van der Waals surface area contributed by atoms with Gasteiger partial charge in [0, 0.05) is 0 Å². The van der Waals surface area contributed by atoms with E-state index in [-0.39, 0.29) is 5.56 Å². The smallest absolute Gasteiger partial charge is 0.337 e. The van der Waals surface area contributed by atoms with Gasteiger partial charge in [-0.05, 0) is 17.5 Å². The second-order valence-electron chi connectivity index (χ2n) is 2.90. The van der Waals surface area contributed by atoms with Crippen molar-refractivity contribution in [3.8, 4) is 10.6 Å². The third-order valence-corrected chi connectivity index (χ3v) is 2.90. The Balaban J connectivity index is 2.51. The summed E-state index contributed by atoms with van der Waals surface area (Å²) in [4.78, 5) is 16.8. The highest BCUT2D eigenvalue weighted by molar-refractivity contribution is 7.13. The fourth-order valence-electron chi connectivity index (χ4n) is 1.32. The maximum absolute atomic E-state index is 10.8. The number of hydrogen-bond acceptors (Lipinski definition) is 3. The number of aromatic carboxylic acids is 1. The highest BCUT2D eigenvalue weighted by atomic mass is 32.1. The van der Waals surface area contributed by atoms with Crippen LogP contribution in [-0.2, 0) is 0 Å². The van der Waals surface area contributed by atoms with Crippen molar-refractivity contribution in [3.05, 3.63) is 35.3 Å². The van der Waals surface area contributed by atoms with Gasteiger partial charge in [0.05, 0.1) is 22.3 Å². The van der Waals surface area contributed by atoms with Gasteiger partial charge < -0.3 is 9.94 Å². The minimum atomic E-state index is -0.955. The second kappa shape index (κ2) is 3.78. The first kappa shape index (κ1) is 9.79. The van der Waals surface area contributed by atoms with Crippen molar-refractivity contribution in [3.63, 3.8) is 0 Å². The molecule has 78 valence electrons. The van der Waals surface area contributed by atoms with Crippen LogP contribution in [0.2, 0.25) is 0 Å². The van der Waals surface area contributed by atoms with E-state index in [1.165, 1.54) is 29.4 Å². The fourth-order valence-corrected chi connectivity index (χ4v) is 2.05. The van der Waals surface area contributed by atoms with Crippen molar-refractivity contribution in [2.45, 2.75) is 0 Å². The minimum absolute atomic E-state index is 0.222. The zero-order valence-electron chi connectivity index (χ0n) is 8.01. The first-order valence-corrected chi connectivity index (χ1v) is 5.14. The average molecular weight is 223 g/mol. The Kier molecular flexibility index (Phi) is 2.47. The molecule has 0 bridgehead atoms. The molecule has 0 aliphatic rings. The molecule has 4 nitrogen and oxygen atoms in total. The van der Waals surface area contributed by atoms with Gasteiger partial charge in [0.2, 0.25) is 0 Å². The van der Waals surface area contributed by atoms with Gasteiger partial charge >= 0.3 is 5.97 Å². The van der Waals surface area contributed by atoms with Crippen LogP contribution in [0.5, 0.6) is 0 Å². The maximum Gasteiger partial charge on any atom is 0.337 e. The topological polar surface area (TPSA) is 51.5 Å². The molecule has 0 saturated carbocycles. The van der Waals surface area contributed by atoms with Crippen LogP contribution in [0.1, 0.15) is 10.4 Å². The lowest BCUT2D eigenvalue weighted by Gasteiger charge is -2.03. The number of thiophene rings is 1. The molecule has 2 heterocycles. The molecule has 2 rings (SSSR count). The largest absolute Gasteiger partial charge is 0.478 e. The molecule has 0 saturated heterocycles. The summed E-state index contributed by atoms with van der Waals surface area (Å²) in [6.07, 6.45) is 1.46. The SMILES string of the molecule is COn1cc(C(=O)O)cc1-c1cccs1. The number of nitrogens with zero attached hydrogens (tertiary/aromatic N) is 1. The molecule has 2 aromatic heterocycles. The molecule has 5 heteroatoms. The van der Waals surface area contributed by atoms with Crippen LogP contribution < -0.4 is 4.84 Å². The maximum atomic E-state index is 10.8. The number of hydrogen-bond donors (Lipinski definition) is 1. The third-order valence-electron chi connectivity index (χ3n) is 2.00. The highest BCUT2D eigenvalue weighted by Crippen LogP contribution is 2.26. The Hall–Kier alpha value is -1.75. The molecule has 0 radical (unpaired) electrons.